The lowest BCUT2D eigenvalue weighted by atomic mass is 10.3. The molecule has 5 N–H and O–H groups in total. The van der Waals surface area contributed by atoms with Crippen molar-refractivity contribution in [3.05, 3.63) is 16.4 Å². The largest absolute Gasteiger partial charge is 0.378 e. The standard InChI is InChI=1S/C8H12N6O3/c9-5(15)2-1-3-11-8-6(14(16)17)7(10)12-4-13-8/h4H,1-3H2,(H2,9,15)(H3,10,11,12,13). The fourth-order valence-electron chi connectivity index (χ4n) is 1.17. The van der Waals surface area contributed by atoms with Gasteiger partial charge >= 0.3 is 5.69 Å². The van der Waals surface area contributed by atoms with Gasteiger partial charge in [-0.25, -0.2) is 9.97 Å². The van der Waals surface area contributed by atoms with Crippen LogP contribution in [0.2, 0.25) is 0 Å². The Balaban J connectivity index is 2.67. The van der Waals surface area contributed by atoms with E-state index in [2.05, 4.69) is 15.3 Å². The van der Waals surface area contributed by atoms with E-state index in [1.807, 2.05) is 0 Å². The molecule has 9 heteroatoms. The van der Waals surface area contributed by atoms with Crippen LogP contribution in [0.5, 0.6) is 0 Å². The summed E-state index contributed by atoms with van der Waals surface area (Å²) in [6.07, 6.45) is 1.77. The molecule has 0 spiro atoms. The number of hydrogen-bond acceptors (Lipinski definition) is 7. The summed E-state index contributed by atoms with van der Waals surface area (Å²) in [5.74, 6) is -0.599. The topological polar surface area (TPSA) is 150 Å². The molecule has 0 saturated heterocycles. The van der Waals surface area contributed by atoms with E-state index in [0.29, 0.717) is 13.0 Å². The summed E-state index contributed by atoms with van der Waals surface area (Å²) in [7, 11) is 0. The van der Waals surface area contributed by atoms with Gasteiger partial charge in [-0.1, -0.05) is 0 Å². The maximum Gasteiger partial charge on any atom is 0.352 e. The molecule has 0 aliphatic heterocycles. The molecule has 0 radical (unpaired) electrons. The number of rotatable bonds is 6. The van der Waals surface area contributed by atoms with Gasteiger partial charge < -0.3 is 16.8 Å². The number of aromatic nitrogens is 2. The number of primary amides is 1. The van der Waals surface area contributed by atoms with Gasteiger partial charge in [-0.3, -0.25) is 14.9 Å². The minimum atomic E-state index is -0.661. The third-order valence-corrected chi connectivity index (χ3v) is 1.93. The zero-order valence-electron chi connectivity index (χ0n) is 8.92. The Morgan fingerprint density at radius 2 is 2.24 bits per heavy atom. The molecule has 1 aromatic heterocycles. The molecule has 1 heterocycles. The summed E-state index contributed by atoms with van der Waals surface area (Å²) in [6, 6.07) is 0. The quantitative estimate of drug-likeness (QED) is 0.349. The fourth-order valence-corrected chi connectivity index (χ4v) is 1.17. The Morgan fingerprint density at radius 3 is 2.82 bits per heavy atom. The van der Waals surface area contributed by atoms with Gasteiger partial charge in [-0.15, -0.1) is 0 Å². The Labute approximate surface area is 96.4 Å². The predicted octanol–water partition coefficient (Wildman–Crippen LogP) is -0.356. The van der Waals surface area contributed by atoms with Crippen molar-refractivity contribution in [2.45, 2.75) is 12.8 Å². The summed E-state index contributed by atoms with van der Waals surface area (Å²) in [4.78, 5) is 27.8. The molecule has 0 fully saturated rings. The Kier molecular flexibility index (Phi) is 4.14. The first-order valence-corrected chi connectivity index (χ1v) is 4.79. The van der Waals surface area contributed by atoms with E-state index in [9.17, 15) is 14.9 Å². The third-order valence-electron chi connectivity index (χ3n) is 1.93. The zero-order valence-corrected chi connectivity index (χ0v) is 8.92. The maximum atomic E-state index is 10.7. The van der Waals surface area contributed by atoms with Crippen LogP contribution >= 0.6 is 0 Å². The monoisotopic (exact) mass is 240 g/mol. The number of nitro groups is 1. The minimum absolute atomic E-state index is 0.0342. The first-order valence-electron chi connectivity index (χ1n) is 4.79. The van der Waals surface area contributed by atoms with Crippen LogP contribution < -0.4 is 16.8 Å². The molecule has 1 amide bonds. The second kappa shape index (κ2) is 5.58. The summed E-state index contributed by atoms with van der Waals surface area (Å²) in [5, 5.41) is 13.4. The van der Waals surface area contributed by atoms with Crippen molar-refractivity contribution >= 4 is 23.2 Å². The fraction of sp³-hybridized carbons (Fsp3) is 0.375. The van der Waals surface area contributed by atoms with Crippen molar-refractivity contribution in [1.29, 1.82) is 0 Å². The summed E-state index contributed by atoms with van der Waals surface area (Å²) in [6.45, 7) is 0.334. The second-order valence-electron chi connectivity index (χ2n) is 3.21. The molecule has 9 nitrogen and oxygen atoms in total. The molecule has 0 aliphatic carbocycles. The van der Waals surface area contributed by atoms with Gasteiger partial charge in [0.05, 0.1) is 4.92 Å². The van der Waals surface area contributed by atoms with Gasteiger partial charge in [-0.2, -0.15) is 0 Å². The van der Waals surface area contributed by atoms with Gasteiger partial charge in [0.15, 0.2) is 0 Å². The smallest absolute Gasteiger partial charge is 0.352 e. The van der Waals surface area contributed by atoms with Gasteiger partial charge in [0.2, 0.25) is 17.5 Å². The van der Waals surface area contributed by atoms with Gasteiger partial charge in [0, 0.05) is 13.0 Å². The number of carbonyl (C=O) groups is 1. The average Bonchev–Trinajstić information content (AvgIpc) is 2.23. The number of anilines is 2. The summed E-state index contributed by atoms with van der Waals surface area (Å²) >= 11 is 0. The number of nitrogen functional groups attached to an aromatic ring is 1. The summed E-state index contributed by atoms with van der Waals surface area (Å²) in [5.41, 5.74) is 9.95. The van der Waals surface area contributed by atoms with E-state index in [4.69, 9.17) is 11.5 Å². The normalized spacial score (nSPS) is 9.88. The molecular weight excluding hydrogens is 228 g/mol. The molecule has 0 aromatic carbocycles. The Hall–Kier alpha value is -2.45. The third kappa shape index (κ3) is 3.55. The highest BCUT2D eigenvalue weighted by Crippen LogP contribution is 2.25. The lowest BCUT2D eigenvalue weighted by Gasteiger charge is -2.05. The molecule has 92 valence electrons. The van der Waals surface area contributed by atoms with Crippen LogP contribution in [-0.2, 0) is 4.79 Å². The first-order chi connectivity index (χ1) is 8.02. The highest BCUT2D eigenvalue weighted by Gasteiger charge is 2.20. The van der Waals surface area contributed by atoms with E-state index in [1.54, 1.807) is 0 Å². The highest BCUT2D eigenvalue weighted by molar-refractivity contribution is 5.73. The number of carbonyl (C=O) groups excluding carboxylic acids is 1. The van der Waals surface area contributed by atoms with Crippen LogP contribution in [-0.4, -0.2) is 27.3 Å². The van der Waals surface area contributed by atoms with E-state index in [0.717, 1.165) is 6.33 Å². The molecular formula is C8H12N6O3. The first kappa shape index (κ1) is 12.6. The number of amides is 1. The maximum absolute atomic E-state index is 10.7. The molecule has 0 bridgehead atoms. The van der Waals surface area contributed by atoms with Crippen molar-refractivity contribution in [2.75, 3.05) is 17.6 Å². The van der Waals surface area contributed by atoms with Crippen LogP contribution in [0.4, 0.5) is 17.3 Å². The van der Waals surface area contributed by atoms with Crippen LogP contribution in [0, 0.1) is 10.1 Å². The van der Waals surface area contributed by atoms with Gasteiger partial charge in [-0.05, 0) is 6.42 Å². The van der Waals surface area contributed by atoms with E-state index < -0.39 is 10.8 Å². The van der Waals surface area contributed by atoms with Crippen molar-refractivity contribution in [3.63, 3.8) is 0 Å². The Bertz CT molecular complexity index is 435. The van der Waals surface area contributed by atoms with Crippen LogP contribution in [0.25, 0.3) is 0 Å². The molecule has 0 atom stereocenters. The van der Waals surface area contributed by atoms with Crippen molar-refractivity contribution < 1.29 is 9.72 Å². The van der Waals surface area contributed by atoms with Gasteiger partial charge in [0.1, 0.15) is 6.33 Å². The van der Waals surface area contributed by atoms with Crippen molar-refractivity contribution in [3.8, 4) is 0 Å². The average molecular weight is 240 g/mol. The minimum Gasteiger partial charge on any atom is -0.378 e. The Morgan fingerprint density at radius 1 is 1.53 bits per heavy atom. The number of nitrogens with two attached hydrogens (primary N) is 2. The van der Waals surface area contributed by atoms with E-state index >= 15 is 0 Å². The molecule has 0 saturated carbocycles. The lowest BCUT2D eigenvalue weighted by Crippen LogP contribution is -2.14. The van der Waals surface area contributed by atoms with Crippen LogP contribution in [0.3, 0.4) is 0 Å². The molecule has 0 unspecified atom stereocenters. The van der Waals surface area contributed by atoms with Crippen LogP contribution in [0.1, 0.15) is 12.8 Å². The molecule has 1 aromatic rings. The second-order valence-corrected chi connectivity index (χ2v) is 3.21. The van der Waals surface area contributed by atoms with Crippen molar-refractivity contribution in [2.24, 2.45) is 5.73 Å². The molecule has 17 heavy (non-hydrogen) atoms. The number of hydrogen-bond donors (Lipinski definition) is 3. The van der Waals surface area contributed by atoms with Crippen LogP contribution in [0.15, 0.2) is 6.33 Å². The summed E-state index contributed by atoms with van der Waals surface area (Å²) < 4.78 is 0. The van der Waals surface area contributed by atoms with Gasteiger partial charge in [0.25, 0.3) is 0 Å². The van der Waals surface area contributed by atoms with E-state index in [-0.39, 0.29) is 23.7 Å². The SMILES string of the molecule is NC(=O)CCCNc1ncnc(N)c1[N+](=O)[O-]. The predicted molar refractivity (Wildman–Crippen MR) is 60.0 cm³/mol. The van der Waals surface area contributed by atoms with E-state index in [1.165, 1.54) is 0 Å². The molecule has 0 aliphatic rings. The highest BCUT2D eigenvalue weighted by atomic mass is 16.6. The lowest BCUT2D eigenvalue weighted by molar-refractivity contribution is -0.383. The number of nitrogens with one attached hydrogen (secondary N) is 1. The van der Waals surface area contributed by atoms with Crippen molar-refractivity contribution in [1.82, 2.24) is 9.97 Å². The molecule has 1 rings (SSSR count). The zero-order chi connectivity index (χ0) is 12.8. The number of nitrogens with zero attached hydrogens (tertiary/aromatic N) is 3.